The van der Waals surface area contributed by atoms with Crippen LogP contribution in [0.25, 0.3) is 55.6 Å². The molecule has 0 atom stereocenters. The Bertz CT molecular complexity index is 1450. The number of aromatic nitrogens is 5. The van der Waals surface area contributed by atoms with Crippen LogP contribution in [0.3, 0.4) is 0 Å². The third kappa shape index (κ3) is 2.54. The maximum atomic E-state index is 5.27. The molecule has 0 aliphatic carbocycles. The van der Waals surface area contributed by atoms with E-state index in [2.05, 4.69) is 49.4 Å². The molecule has 0 aliphatic rings. The molecule has 5 aromatic heterocycles. The van der Waals surface area contributed by atoms with Crippen molar-refractivity contribution in [3.05, 3.63) is 79.6 Å². The number of hydrogen-bond donors (Lipinski definition) is 2. The van der Waals surface area contributed by atoms with Crippen molar-refractivity contribution < 1.29 is 4.42 Å². The number of H-pyrrole nitrogens is 2. The molecule has 0 fully saturated rings. The largest absolute Gasteiger partial charge is 0.472 e. The van der Waals surface area contributed by atoms with Crippen LogP contribution in [-0.4, -0.2) is 25.1 Å². The highest BCUT2D eigenvalue weighted by Gasteiger charge is 2.14. The summed E-state index contributed by atoms with van der Waals surface area (Å²) in [5.41, 5.74) is 7.81. The highest BCUT2D eigenvalue weighted by atomic mass is 16.3. The number of benzene rings is 1. The molecule has 0 spiro atoms. The van der Waals surface area contributed by atoms with Crippen LogP contribution in [0.4, 0.5) is 0 Å². The van der Waals surface area contributed by atoms with Gasteiger partial charge in [-0.05, 0) is 35.9 Å². The molecule has 29 heavy (non-hydrogen) atoms. The van der Waals surface area contributed by atoms with E-state index in [1.165, 1.54) is 0 Å². The van der Waals surface area contributed by atoms with E-state index in [-0.39, 0.29) is 0 Å². The van der Waals surface area contributed by atoms with Crippen LogP contribution in [0, 0.1) is 0 Å². The van der Waals surface area contributed by atoms with Crippen molar-refractivity contribution in [3.8, 4) is 33.6 Å². The number of nitrogens with zero attached hydrogens (tertiary/aromatic N) is 3. The van der Waals surface area contributed by atoms with Gasteiger partial charge in [-0.3, -0.25) is 10.1 Å². The van der Waals surface area contributed by atoms with Gasteiger partial charge in [0.15, 0.2) is 5.65 Å². The lowest BCUT2D eigenvalue weighted by Gasteiger charge is -2.01. The lowest BCUT2D eigenvalue weighted by atomic mass is 10.0. The zero-order valence-corrected chi connectivity index (χ0v) is 15.3. The predicted octanol–water partition coefficient (Wildman–Crippen LogP) is 5.43. The highest BCUT2D eigenvalue weighted by molar-refractivity contribution is 6.01. The van der Waals surface area contributed by atoms with E-state index < -0.39 is 0 Å². The molecule has 0 saturated heterocycles. The van der Waals surface area contributed by atoms with Crippen molar-refractivity contribution in [2.75, 3.05) is 0 Å². The molecule has 0 aliphatic heterocycles. The maximum absolute atomic E-state index is 5.27. The fourth-order valence-corrected chi connectivity index (χ4v) is 3.76. The molecule has 0 bridgehead atoms. The van der Waals surface area contributed by atoms with Crippen molar-refractivity contribution in [1.29, 1.82) is 0 Å². The number of furan rings is 1. The van der Waals surface area contributed by atoms with Gasteiger partial charge in [0.1, 0.15) is 0 Å². The van der Waals surface area contributed by atoms with Crippen LogP contribution in [0.5, 0.6) is 0 Å². The third-order valence-corrected chi connectivity index (χ3v) is 5.17. The molecule has 1 aromatic carbocycles. The second kappa shape index (κ2) is 6.17. The van der Waals surface area contributed by atoms with Crippen molar-refractivity contribution in [3.63, 3.8) is 0 Å². The topological polar surface area (TPSA) is 83.4 Å². The first-order valence-electron chi connectivity index (χ1n) is 9.26. The van der Waals surface area contributed by atoms with Gasteiger partial charge in [0.25, 0.3) is 0 Å². The second-order valence-electron chi connectivity index (χ2n) is 6.90. The maximum Gasteiger partial charge on any atom is 0.181 e. The quantitative estimate of drug-likeness (QED) is 0.431. The molecular weight excluding hydrogens is 362 g/mol. The van der Waals surface area contributed by atoms with Crippen LogP contribution in [0.15, 0.2) is 84.1 Å². The van der Waals surface area contributed by atoms with Crippen molar-refractivity contribution in [2.45, 2.75) is 0 Å². The summed E-state index contributed by atoms with van der Waals surface area (Å²) in [6.45, 7) is 0. The summed E-state index contributed by atoms with van der Waals surface area (Å²) < 4.78 is 5.27. The molecule has 0 unspecified atom stereocenters. The Kier molecular flexibility index (Phi) is 3.37. The Morgan fingerprint density at radius 3 is 2.72 bits per heavy atom. The van der Waals surface area contributed by atoms with Gasteiger partial charge in [-0.1, -0.05) is 18.2 Å². The minimum atomic E-state index is 0.682. The lowest BCUT2D eigenvalue weighted by molar-refractivity contribution is 0.568. The van der Waals surface area contributed by atoms with Crippen LogP contribution in [0.1, 0.15) is 0 Å². The molecule has 0 radical (unpaired) electrons. The minimum absolute atomic E-state index is 0.682. The smallest absolute Gasteiger partial charge is 0.181 e. The zero-order valence-electron chi connectivity index (χ0n) is 15.3. The van der Waals surface area contributed by atoms with Crippen molar-refractivity contribution in [2.24, 2.45) is 0 Å². The van der Waals surface area contributed by atoms with E-state index in [1.54, 1.807) is 18.7 Å². The van der Waals surface area contributed by atoms with E-state index in [1.807, 2.05) is 36.7 Å². The van der Waals surface area contributed by atoms with Gasteiger partial charge >= 0.3 is 0 Å². The van der Waals surface area contributed by atoms with Gasteiger partial charge in [0.2, 0.25) is 0 Å². The van der Waals surface area contributed by atoms with E-state index in [0.717, 1.165) is 49.9 Å². The first kappa shape index (κ1) is 15.8. The average Bonchev–Trinajstić information content (AvgIpc) is 3.52. The number of aromatic amines is 2. The summed E-state index contributed by atoms with van der Waals surface area (Å²) in [6.07, 6.45) is 8.88. The van der Waals surface area contributed by atoms with Crippen LogP contribution < -0.4 is 0 Å². The average molecular weight is 377 g/mol. The lowest BCUT2D eigenvalue weighted by Crippen LogP contribution is -1.83. The Balaban J connectivity index is 1.53. The molecule has 0 saturated carbocycles. The molecule has 0 amide bonds. The van der Waals surface area contributed by atoms with E-state index in [9.17, 15) is 0 Å². The monoisotopic (exact) mass is 377 g/mol. The summed E-state index contributed by atoms with van der Waals surface area (Å²) in [5, 5.41) is 9.62. The van der Waals surface area contributed by atoms with Crippen molar-refractivity contribution >= 4 is 21.9 Å². The number of pyridine rings is 2. The Labute approximate surface area is 165 Å². The van der Waals surface area contributed by atoms with Gasteiger partial charge in [0.05, 0.1) is 23.9 Å². The summed E-state index contributed by atoms with van der Waals surface area (Å²) in [7, 11) is 0. The summed E-state index contributed by atoms with van der Waals surface area (Å²) >= 11 is 0. The molecule has 6 rings (SSSR count). The van der Waals surface area contributed by atoms with Gasteiger partial charge < -0.3 is 9.40 Å². The molecule has 5 heterocycles. The van der Waals surface area contributed by atoms with Crippen LogP contribution in [0.2, 0.25) is 0 Å². The Hall–Kier alpha value is -4.19. The first-order valence-corrected chi connectivity index (χ1v) is 9.26. The number of nitrogens with one attached hydrogen (secondary N) is 2. The standard InChI is InChI=1S/C23H15N5O/c1-4-17(15-6-8-29-13-15)18-10-21(26-20(18)5-1)22-19-9-16(12-25-23(19)28-27-22)14-3-2-7-24-11-14/h1-13,26H,(H,25,27,28). The fraction of sp³-hybridized carbons (Fsp3) is 0. The molecule has 6 nitrogen and oxygen atoms in total. The Morgan fingerprint density at radius 2 is 1.86 bits per heavy atom. The fourth-order valence-electron chi connectivity index (χ4n) is 3.76. The number of rotatable bonds is 3. The van der Waals surface area contributed by atoms with Gasteiger partial charge in [-0.25, -0.2) is 4.98 Å². The van der Waals surface area contributed by atoms with Gasteiger partial charge in [-0.15, -0.1) is 0 Å². The Morgan fingerprint density at radius 1 is 0.862 bits per heavy atom. The normalized spacial score (nSPS) is 11.4. The van der Waals surface area contributed by atoms with Crippen molar-refractivity contribution in [1.82, 2.24) is 25.1 Å². The van der Waals surface area contributed by atoms with Crippen LogP contribution in [-0.2, 0) is 0 Å². The molecule has 138 valence electrons. The summed E-state index contributed by atoms with van der Waals surface area (Å²) in [5.74, 6) is 0. The third-order valence-electron chi connectivity index (χ3n) is 5.17. The first-order chi connectivity index (χ1) is 14.4. The molecule has 2 N–H and O–H groups in total. The number of fused-ring (bicyclic) bond motifs is 2. The van der Waals surface area contributed by atoms with E-state index in [0.29, 0.717) is 5.65 Å². The molecule has 6 aromatic rings. The number of hydrogen-bond acceptors (Lipinski definition) is 4. The zero-order chi connectivity index (χ0) is 19.2. The van der Waals surface area contributed by atoms with Gasteiger partial charge in [-0.2, -0.15) is 5.10 Å². The van der Waals surface area contributed by atoms with E-state index in [4.69, 9.17) is 4.42 Å². The van der Waals surface area contributed by atoms with Gasteiger partial charge in [0, 0.05) is 51.6 Å². The predicted molar refractivity (Wildman–Crippen MR) is 112 cm³/mol. The summed E-state index contributed by atoms with van der Waals surface area (Å²) in [6, 6.07) is 16.4. The SMILES string of the molecule is c1cncc(-c2cnc3n[nH]c(-c4cc5c(-c6ccoc6)cccc5[nH]4)c3c2)c1. The minimum Gasteiger partial charge on any atom is -0.472 e. The van der Waals surface area contributed by atoms with E-state index >= 15 is 0 Å². The highest BCUT2D eigenvalue weighted by Crippen LogP contribution is 2.34. The molecular formula is C23H15N5O. The summed E-state index contributed by atoms with van der Waals surface area (Å²) in [4.78, 5) is 12.2. The van der Waals surface area contributed by atoms with Crippen LogP contribution >= 0.6 is 0 Å². The molecule has 6 heteroatoms. The second-order valence-corrected chi connectivity index (χ2v) is 6.90.